The van der Waals surface area contributed by atoms with Crippen LogP contribution < -0.4 is 4.90 Å². The molecule has 0 fully saturated rings. The van der Waals surface area contributed by atoms with Crippen LogP contribution in [0.1, 0.15) is 12.0 Å². The molecule has 0 saturated heterocycles. The zero-order valence-corrected chi connectivity index (χ0v) is 11.6. The van der Waals surface area contributed by atoms with E-state index in [0.29, 0.717) is 0 Å². The average Bonchev–Trinajstić information content (AvgIpc) is 2.30. The first-order valence-electron chi connectivity index (χ1n) is 6.14. The van der Waals surface area contributed by atoms with Gasteiger partial charge in [-0.3, -0.25) is 9.59 Å². The van der Waals surface area contributed by atoms with E-state index in [0.717, 1.165) is 11.3 Å². The summed E-state index contributed by atoms with van der Waals surface area (Å²) in [5.74, 6) is -1.00. The van der Waals surface area contributed by atoms with E-state index in [-0.39, 0.29) is 25.4 Å². The van der Waals surface area contributed by atoms with Crippen LogP contribution in [0, 0.1) is 6.92 Å². The lowest BCUT2D eigenvalue weighted by molar-refractivity contribution is -0.136. The molecule has 1 rings (SSSR count). The van der Waals surface area contributed by atoms with Gasteiger partial charge in [0, 0.05) is 12.2 Å². The van der Waals surface area contributed by atoms with E-state index in [1.807, 2.05) is 45.3 Å². The molecule has 0 saturated carbocycles. The first-order chi connectivity index (χ1) is 8.91. The lowest BCUT2D eigenvalue weighted by Gasteiger charge is -2.25. The van der Waals surface area contributed by atoms with Crippen LogP contribution >= 0.6 is 0 Å². The van der Waals surface area contributed by atoms with Gasteiger partial charge in [-0.25, -0.2) is 0 Å². The topological polar surface area (TPSA) is 60.9 Å². The van der Waals surface area contributed by atoms with Crippen LogP contribution in [-0.4, -0.2) is 49.1 Å². The van der Waals surface area contributed by atoms with Gasteiger partial charge < -0.3 is 14.9 Å². The highest BCUT2D eigenvalue weighted by Crippen LogP contribution is 2.20. The van der Waals surface area contributed by atoms with Crippen molar-refractivity contribution in [3.63, 3.8) is 0 Å². The Bertz CT molecular complexity index is 458. The first-order valence-corrected chi connectivity index (χ1v) is 6.14. The first kappa shape index (κ1) is 15.2. The number of carboxylic acid groups (broad SMARTS) is 1. The summed E-state index contributed by atoms with van der Waals surface area (Å²) in [6.07, 6.45) is -0.0620. The zero-order chi connectivity index (χ0) is 14.4. The van der Waals surface area contributed by atoms with Gasteiger partial charge in [0.1, 0.15) is 0 Å². The molecule has 0 spiro atoms. The molecule has 19 heavy (non-hydrogen) atoms. The van der Waals surface area contributed by atoms with Gasteiger partial charge in [0.25, 0.3) is 0 Å². The van der Waals surface area contributed by atoms with E-state index in [1.165, 1.54) is 0 Å². The van der Waals surface area contributed by atoms with Gasteiger partial charge in [-0.2, -0.15) is 0 Å². The van der Waals surface area contributed by atoms with Crippen molar-refractivity contribution in [3.05, 3.63) is 29.8 Å². The number of hydrogen-bond acceptors (Lipinski definition) is 3. The average molecular weight is 264 g/mol. The summed E-state index contributed by atoms with van der Waals surface area (Å²) in [6.45, 7) is 2.35. The zero-order valence-electron chi connectivity index (χ0n) is 11.6. The lowest BCUT2D eigenvalue weighted by atomic mass is 10.1. The van der Waals surface area contributed by atoms with E-state index in [9.17, 15) is 9.59 Å². The quantitative estimate of drug-likeness (QED) is 0.843. The number of hydrogen-bond donors (Lipinski definition) is 1. The molecule has 0 heterocycles. The number of rotatable bonds is 6. The van der Waals surface area contributed by atoms with E-state index in [4.69, 9.17) is 5.11 Å². The molecule has 104 valence electrons. The number of para-hydroxylation sites is 1. The molecule has 1 aromatic carbocycles. The summed E-state index contributed by atoms with van der Waals surface area (Å²) >= 11 is 0. The fourth-order valence-corrected chi connectivity index (χ4v) is 1.81. The van der Waals surface area contributed by atoms with Crippen molar-refractivity contribution in [2.45, 2.75) is 13.3 Å². The highest BCUT2D eigenvalue weighted by atomic mass is 16.4. The number of carbonyl (C=O) groups is 2. The normalized spacial score (nSPS) is 10.5. The Hall–Kier alpha value is -1.88. The Morgan fingerprint density at radius 2 is 1.84 bits per heavy atom. The van der Waals surface area contributed by atoms with E-state index < -0.39 is 5.97 Å². The third kappa shape index (κ3) is 4.71. The molecule has 0 aliphatic carbocycles. The third-order valence-electron chi connectivity index (χ3n) is 2.71. The number of nitrogens with zero attached hydrogens (tertiary/aromatic N) is 2. The molecule has 1 amide bonds. The van der Waals surface area contributed by atoms with Crippen LogP contribution in [0.3, 0.4) is 0 Å². The summed E-state index contributed by atoms with van der Waals surface area (Å²) in [5, 5.41) is 8.79. The second kappa shape index (κ2) is 6.89. The fourth-order valence-electron chi connectivity index (χ4n) is 1.81. The van der Waals surface area contributed by atoms with Crippen LogP contribution in [0.4, 0.5) is 5.69 Å². The maximum absolute atomic E-state index is 12.2. The van der Waals surface area contributed by atoms with Crippen LogP contribution in [0.2, 0.25) is 0 Å². The highest BCUT2D eigenvalue weighted by molar-refractivity contribution is 5.95. The van der Waals surface area contributed by atoms with E-state index in [2.05, 4.69) is 0 Å². The maximum Gasteiger partial charge on any atom is 0.305 e. The van der Waals surface area contributed by atoms with Crippen LogP contribution in [-0.2, 0) is 9.59 Å². The summed E-state index contributed by atoms with van der Waals surface area (Å²) in [4.78, 5) is 26.2. The van der Waals surface area contributed by atoms with Crippen molar-refractivity contribution in [1.29, 1.82) is 0 Å². The van der Waals surface area contributed by atoms with Gasteiger partial charge in [-0.15, -0.1) is 0 Å². The van der Waals surface area contributed by atoms with Crippen molar-refractivity contribution in [3.8, 4) is 0 Å². The number of carbonyl (C=O) groups excluding carboxylic acids is 1. The Morgan fingerprint density at radius 1 is 1.21 bits per heavy atom. The van der Waals surface area contributed by atoms with Crippen molar-refractivity contribution in [2.24, 2.45) is 0 Å². The number of carboxylic acids is 1. The summed E-state index contributed by atoms with van der Waals surface area (Å²) in [6, 6.07) is 7.49. The number of likely N-dealkylation sites (N-methyl/N-ethyl adjacent to an activating group) is 1. The minimum absolute atomic E-state index is 0.0620. The second-order valence-electron chi connectivity index (χ2n) is 4.71. The smallest absolute Gasteiger partial charge is 0.305 e. The second-order valence-corrected chi connectivity index (χ2v) is 4.71. The molecular formula is C14H20N2O3. The summed E-state index contributed by atoms with van der Waals surface area (Å²) in [7, 11) is 3.62. The van der Waals surface area contributed by atoms with Gasteiger partial charge in [0.2, 0.25) is 5.91 Å². The monoisotopic (exact) mass is 264 g/mol. The maximum atomic E-state index is 12.2. The van der Waals surface area contributed by atoms with Crippen molar-refractivity contribution < 1.29 is 14.7 Å². The highest BCUT2D eigenvalue weighted by Gasteiger charge is 2.18. The molecule has 0 aromatic heterocycles. The predicted octanol–water partition coefficient (Wildman–Crippen LogP) is 1.36. The van der Waals surface area contributed by atoms with E-state index >= 15 is 0 Å². The number of anilines is 1. The lowest BCUT2D eigenvalue weighted by Crippen LogP contribution is -2.39. The summed E-state index contributed by atoms with van der Waals surface area (Å²) < 4.78 is 0. The standard InChI is InChI=1S/C14H20N2O3/c1-11-6-4-5-7-12(11)16(9-8-14(18)19)13(17)10-15(2)3/h4-7H,8-10H2,1-3H3,(H,18,19). The van der Waals surface area contributed by atoms with Gasteiger partial charge in [0.05, 0.1) is 13.0 Å². The van der Waals surface area contributed by atoms with Gasteiger partial charge >= 0.3 is 5.97 Å². The van der Waals surface area contributed by atoms with Crippen molar-refractivity contribution in [1.82, 2.24) is 4.90 Å². The molecule has 0 unspecified atom stereocenters. The van der Waals surface area contributed by atoms with Gasteiger partial charge in [-0.05, 0) is 32.6 Å². The van der Waals surface area contributed by atoms with Crippen LogP contribution in [0.25, 0.3) is 0 Å². The molecule has 0 bridgehead atoms. The van der Waals surface area contributed by atoms with Crippen LogP contribution in [0.5, 0.6) is 0 Å². The van der Waals surface area contributed by atoms with Gasteiger partial charge in [0.15, 0.2) is 0 Å². The molecule has 0 atom stereocenters. The Labute approximate surface area is 113 Å². The Morgan fingerprint density at radius 3 is 2.37 bits per heavy atom. The molecule has 5 nitrogen and oxygen atoms in total. The van der Waals surface area contributed by atoms with Crippen molar-refractivity contribution >= 4 is 17.6 Å². The SMILES string of the molecule is Cc1ccccc1N(CCC(=O)O)C(=O)CN(C)C. The van der Waals surface area contributed by atoms with Gasteiger partial charge in [-0.1, -0.05) is 18.2 Å². The minimum Gasteiger partial charge on any atom is -0.481 e. The predicted molar refractivity (Wildman–Crippen MR) is 74.3 cm³/mol. The van der Waals surface area contributed by atoms with Crippen LogP contribution in [0.15, 0.2) is 24.3 Å². The third-order valence-corrected chi connectivity index (χ3v) is 2.71. The molecule has 0 aliphatic rings. The summed E-state index contributed by atoms with van der Waals surface area (Å²) in [5.41, 5.74) is 1.73. The Kier molecular flexibility index (Phi) is 5.51. The minimum atomic E-state index is -0.906. The number of benzene rings is 1. The number of aliphatic carboxylic acids is 1. The molecule has 1 aromatic rings. The van der Waals surface area contributed by atoms with Crippen molar-refractivity contribution in [2.75, 3.05) is 32.1 Å². The van der Waals surface area contributed by atoms with E-state index in [1.54, 1.807) is 9.80 Å². The molecule has 1 N–H and O–H groups in total. The molecule has 0 radical (unpaired) electrons. The number of aryl methyl sites for hydroxylation is 1. The molecule has 5 heteroatoms. The molecule has 0 aliphatic heterocycles. The number of amides is 1. The fraction of sp³-hybridized carbons (Fsp3) is 0.429. The Balaban J connectivity index is 2.95. The largest absolute Gasteiger partial charge is 0.481 e. The molecular weight excluding hydrogens is 244 g/mol.